The highest BCUT2D eigenvalue weighted by Gasteiger charge is 2.34. The van der Waals surface area contributed by atoms with Crippen molar-refractivity contribution in [2.45, 2.75) is 46.1 Å². The molecular formula is C16H27IN4. The molecule has 1 aromatic rings. The summed E-state index contributed by atoms with van der Waals surface area (Å²) >= 11 is 0. The second-order valence-electron chi connectivity index (χ2n) is 5.75. The quantitative estimate of drug-likeness (QED) is 0.452. The number of hydrogen-bond acceptors (Lipinski definition) is 2. The standard InChI is InChI=1S/C16H26N4.HI/c1-4-16(8-6-9-16)12-20-15(17-3)19-11-14-13(2)7-5-10-18-14;/h5,7,10H,4,6,8-9,11-12H2,1-3H3,(H2,17,19,20);1H. The highest BCUT2D eigenvalue weighted by atomic mass is 127. The first-order chi connectivity index (χ1) is 9.69. The van der Waals surface area contributed by atoms with Gasteiger partial charge in [0.2, 0.25) is 0 Å². The van der Waals surface area contributed by atoms with Gasteiger partial charge in [-0.25, -0.2) is 0 Å². The fourth-order valence-electron chi connectivity index (χ4n) is 2.69. The van der Waals surface area contributed by atoms with Crippen LogP contribution in [0.15, 0.2) is 23.3 Å². The summed E-state index contributed by atoms with van der Waals surface area (Å²) in [5, 5.41) is 6.81. The van der Waals surface area contributed by atoms with E-state index in [0.717, 1.165) is 18.2 Å². The van der Waals surface area contributed by atoms with Crippen molar-refractivity contribution in [2.24, 2.45) is 10.4 Å². The molecule has 1 aromatic heterocycles. The summed E-state index contributed by atoms with van der Waals surface area (Å²) in [5.41, 5.74) is 2.78. The number of rotatable bonds is 5. The molecule has 1 aliphatic carbocycles. The first-order valence-electron chi connectivity index (χ1n) is 7.54. The molecule has 1 saturated carbocycles. The zero-order valence-corrected chi connectivity index (χ0v) is 15.6. The predicted octanol–water partition coefficient (Wildman–Crippen LogP) is 3.25. The van der Waals surface area contributed by atoms with Gasteiger partial charge in [0.25, 0.3) is 0 Å². The molecule has 0 aliphatic heterocycles. The topological polar surface area (TPSA) is 49.3 Å². The Bertz CT molecular complexity index is 464. The Morgan fingerprint density at radius 2 is 2.14 bits per heavy atom. The normalized spacial score (nSPS) is 16.6. The van der Waals surface area contributed by atoms with Crippen LogP contribution in [0.2, 0.25) is 0 Å². The van der Waals surface area contributed by atoms with Crippen LogP contribution in [0, 0.1) is 12.3 Å². The fourth-order valence-corrected chi connectivity index (χ4v) is 2.69. The van der Waals surface area contributed by atoms with E-state index in [0.29, 0.717) is 12.0 Å². The van der Waals surface area contributed by atoms with Crippen LogP contribution in [-0.2, 0) is 6.54 Å². The smallest absolute Gasteiger partial charge is 0.191 e. The molecule has 2 N–H and O–H groups in total. The van der Waals surface area contributed by atoms with E-state index in [4.69, 9.17) is 0 Å². The number of aryl methyl sites for hydroxylation is 1. The third kappa shape index (κ3) is 4.83. The Kier molecular flexibility index (Phi) is 7.42. The highest BCUT2D eigenvalue weighted by molar-refractivity contribution is 14.0. The van der Waals surface area contributed by atoms with E-state index >= 15 is 0 Å². The van der Waals surface area contributed by atoms with Crippen LogP contribution in [0.5, 0.6) is 0 Å². The fraction of sp³-hybridized carbons (Fsp3) is 0.625. The van der Waals surface area contributed by atoms with E-state index in [-0.39, 0.29) is 24.0 Å². The lowest BCUT2D eigenvalue weighted by Crippen LogP contribution is -2.46. The van der Waals surface area contributed by atoms with Gasteiger partial charge >= 0.3 is 0 Å². The summed E-state index contributed by atoms with van der Waals surface area (Å²) in [5.74, 6) is 0.870. The van der Waals surface area contributed by atoms with Gasteiger partial charge in [0.05, 0.1) is 12.2 Å². The van der Waals surface area contributed by atoms with E-state index in [1.165, 1.54) is 31.2 Å². The molecule has 2 rings (SSSR count). The number of halogens is 1. The molecule has 0 atom stereocenters. The van der Waals surface area contributed by atoms with E-state index in [2.05, 4.69) is 40.5 Å². The van der Waals surface area contributed by atoms with Gasteiger partial charge < -0.3 is 10.6 Å². The Hall–Kier alpha value is -0.850. The van der Waals surface area contributed by atoms with Crippen LogP contribution in [0.4, 0.5) is 0 Å². The summed E-state index contributed by atoms with van der Waals surface area (Å²) in [7, 11) is 1.82. The van der Waals surface area contributed by atoms with Gasteiger partial charge in [-0.2, -0.15) is 0 Å². The average molecular weight is 402 g/mol. The first kappa shape index (κ1) is 18.2. The van der Waals surface area contributed by atoms with Crippen LogP contribution >= 0.6 is 24.0 Å². The monoisotopic (exact) mass is 402 g/mol. The Morgan fingerprint density at radius 3 is 2.67 bits per heavy atom. The molecule has 0 radical (unpaired) electrons. The minimum Gasteiger partial charge on any atom is -0.356 e. The van der Waals surface area contributed by atoms with Crippen LogP contribution in [0.1, 0.15) is 43.9 Å². The highest BCUT2D eigenvalue weighted by Crippen LogP contribution is 2.42. The molecule has 1 fully saturated rings. The number of pyridine rings is 1. The lowest BCUT2D eigenvalue weighted by molar-refractivity contribution is 0.131. The molecule has 1 aliphatic rings. The van der Waals surface area contributed by atoms with E-state index in [1.807, 2.05) is 19.3 Å². The summed E-state index contributed by atoms with van der Waals surface area (Å²) in [4.78, 5) is 8.69. The largest absolute Gasteiger partial charge is 0.356 e. The summed E-state index contributed by atoms with van der Waals surface area (Å²) in [6.45, 7) is 6.10. The second kappa shape index (κ2) is 8.56. The van der Waals surface area contributed by atoms with Gasteiger partial charge in [-0.05, 0) is 43.2 Å². The van der Waals surface area contributed by atoms with E-state index in [9.17, 15) is 0 Å². The van der Waals surface area contributed by atoms with E-state index < -0.39 is 0 Å². The lowest BCUT2D eigenvalue weighted by Gasteiger charge is -2.41. The van der Waals surface area contributed by atoms with Crippen LogP contribution in [0.25, 0.3) is 0 Å². The van der Waals surface area contributed by atoms with E-state index in [1.54, 1.807) is 0 Å². The maximum atomic E-state index is 4.39. The minimum absolute atomic E-state index is 0. The maximum Gasteiger partial charge on any atom is 0.191 e. The first-order valence-corrected chi connectivity index (χ1v) is 7.54. The minimum atomic E-state index is 0. The van der Waals surface area contributed by atoms with Crippen molar-refractivity contribution in [3.63, 3.8) is 0 Å². The molecule has 0 saturated heterocycles. The SMILES string of the molecule is CCC1(CNC(=NC)NCc2ncccc2C)CCC1.I. The predicted molar refractivity (Wildman–Crippen MR) is 99.2 cm³/mol. The molecule has 118 valence electrons. The zero-order chi connectivity index (χ0) is 14.4. The molecule has 1 heterocycles. The average Bonchev–Trinajstić information content (AvgIpc) is 2.43. The van der Waals surface area contributed by atoms with Gasteiger partial charge in [0, 0.05) is 19.8 Å². The summed E-state index contributed by atoms with van der Waals surface area (Å²) < 4.78 is 0. The van der Waals surface area contributed by atoms with Crippen molar-refractivity contribution in [1.82, 2.24) is 15.6 Å². The molecular weight excluding hydrogens is 375 g/mol. The molecule has 0 amide bonds. The van der Waals surface area contributed by atoms with Crippen molar-refractivity contribution in [3.8, 4) is 0 Å². The molecule has 0 aromatic carbocycles. The van der Waals surface area contributed by atoms with Crippen LogP contribution in [-0.4, -0.2) is 24.5 Å². The van der Waals surface area contributed by atoms with Crippen molar-refractivity contribution in [2.75, 3.05) is 13.6 Å². The third-order valence-electron chi connectivity index (χ3n) is 4.56. The number of hydrogen-bond donors (Lipinski definition) is 2. The number of nitrogens with zero attached hydrogens (tertiary/aromatic N) is 2. The van der Waals surface area contributed by atoms with Gasteiger partial charge in [-0.15, -0.1) is 24.0 Å². The van der Waals surface area contributed by atoms with Gasteiger partial charge in [-0.1, -0.05) is 19.4 Å². The van der Waals surface area contributed by atoms with Crippen molar-refractivity contribution >= 4 is 29.9 Å². The third-order valence-corrected chi connectivity index (χ3v) is 4.56. The molecule has 5 heteroatoms. The molecule has 0 unspecified atom stereocenters. The maximum absolute atomic E-state index is 4.39. The zero-order valence-electron chi connectivity index (χ0n) is 13.3. The summed E-state index contributed by atoms with van der Waals surface area (Å²) in [6.07, 6.45) is 7.13. The Labute approximate surface area is 145 Å². The number of aliphatic imine (C=N–C) groups is 1. The number of guanidine groups is 1. The van der Waals surface area contributed by atoms with Crippen molar-refractivity contribution in [3.05, 3.63) is 29.6 Å². The molecule has 4 nitrogen and oxygen atoms in total. The Morgan fingerprint density at radius 1 is 1.38 bits per heavy atom. The van der Waals surface area contributed by atoms with Crippen molar-refractivity contribution in [1.29, 1.82) is 0 Å². The van der Waals surface area contributed by atoms with Crippen LogP contribution in [0.3, 0.4) is 0 Å². The van der Waals surface area contributed by atoms with Gasteiger partial charge in [0.1, 0.15) is 0 Å². The number of aromatic nitrogens is 1. The Balaban J connectivity index is 0.00000220. The van der Waals surface area contributed by atoms with Gasteiger partial charge in [-0.3, -0.25) is 9.98 Å². The van der Waals surface area contributed by atoms with Crippen molar-refractivity contribution < 1.29 is 0 Å². The second-order valence-corrected chi connectivity index (χ2v) is 5.75. The number of nitrogens with one attached hydrogen (secondary N) is 2. The lowest BCUT2D eigenvalue weighted by atomic mass is 9.67. The van der Waals surface area contributed by atoms with Gasteiger partial charge in [0.15, 0.2) is 5.96 Å². The summed E-state index contributed by atoms with van der Waals surface area (Å²) in [6, 6.07) is 4.05. The molecule has 0 bridgehead atoms. The molecule has 0 spiro atoms. The molecule has 21 heavy (non-hydrogen) atoms. The van der Waals surface area contributed by atoms with Crippen LogP contribution < -0.4 is 10.6 Å².